The van der Waals surface area contributed by atoms with Gasteiger partial charge in [0, 0.05) is 17.5 Å². The average molecular weight is 551 g/mol. The van der Waals surface area contributed by atoms with E-state index in [0.29, 0.717) is 5.69 Å². The van der Waals surface area contributed by atoms with Gasteiger partial charge in [0.05, 0.1) is 11.8 Å². The normalized spacial score (nSPS) is 22.7. The van der Waals surface area contributed by atoms with Gasteiger partial charge in [0.2, 0.25) is 11.8 Å². The number of hydrogen-bond acceptors (Lipinski definition) is 5. The number of likely N-dealkylation sites (tertiary alicyclic amines) is 1. The third-order valence-electron chi connectivity index (χ3n) is 8.61. The zero-order valence-corrected chi connectivity index (χ0v) is 23.7. The molecule has 1 heterocycles. The highest BCUT2D eigenvalue weighted by molar-refractivity contribution is 6.10. The highest BCUT2D eigenvalue weighted by Crippen LogP contribution is 2.61. The second-order valence-corrected chi connectivity index (χ2v) is 12.0. The van der Waals surface area contributed by atoms with Crippen molar-refractivity contribution in [1.29, 1.82) is 0 Å². The van der Waals surface area contributed by atoms with E-state index in [9.17, 15) is 19.2 Å². The molecule has 3 aliphatic carbocycles. The summed E-state index contributed by atoms with van der Waals surface area (Å²) in [5, 5.41) is 2.76. The molecule has 41 heavy (non-hydrogen) atoms. The first kappa shape index (κ1) is 26.9. The van der Waals surface area contributed by atoms with E-state index >= 15 is 0 Å². The van der Waals surface area contributed by atoms with Gasteiger partial charge in [0.1, 0.15) is 6.04 Å². The number of carbonyl (C=O) groups excluding carboxylic acids is 4. The predicted molar refractivity (Wildman–Crippen MR) is 154 cm³/mol. The van der Waals surface area contributed by atoms with Crippen molar-refractivity contribution in [3.05, 3.63) is 100 Å². The van der Waals surface area contributed by atoms with E-state index in [4.69, 9.17) is 4.74 Å². The van der Waals surface area contributed by atoms with Crippen LogP contribution in [0.1, 0.15) is 65.5 Å². The van der Waals surface area contributed by atoms with E-state index in [2.05, 4.69) is 5.32 Å². The Morgan fingerprint density at radius 1 is 0.805 bits per heavy atom. The Morgan fingerprint density at radius 3 is 1.71 bits per heavy atom. The topological polar surface area (TPSA) is 92.8 Å². The number of nitrogens with zero attached hydrogens (tertiary/aromatic N) is 1. The van der Waals surface area contributed by atoms with E-state index in [1.165, 1.54) is 0 Å². The van der Waals surface area contributed by atoms with Gasteiger partial charge in [-0.2, -0.15) is 0 Å². The Bertz CT molecular complexity index is 1440. The van der Waals surface area contributed by atoms with E-state index in [0.717, 1.165) is 38.3 Å². The Morgan fingerprint density at radius 2 is 1.27 bits per heavy atom. The summed E-state index contributed by atoms with van der Waals surface area (Å²) in [4.78, 5) is 55.6. The molecule has 1 aliphatic heterocycles. The SMILES string of the molecule is Cc1cc(C)cc(NC(=O)COC(=O)[C@H](CC(C)C)N2C(=O)[C@@H]3C4c5ccccc5C(c5ccccc54)[C@@H]3C2=O)c1. The summed E-state index contributed by atoms with van der Waals surface area (Å²) in [6.07, 6.45) is 0.254. The van der Waals surface area contributed by atoms with Crippen LogP contribution in [0.15, 0.2) is 66.7 Å². The summed E-state index contributed by atoms with van der Waals surface area (Å²) in [6, 6.07) is 20.6. The van der Waals surface area contributed by atoms with Gasteiger partial charge in [-0.1, -0.05) is 68.4 Å². The van der Waals surface area contributed by atoms with Crippen LogP contribution in [0.25, 0.3) is 0 Å². The molecule has 7 heteroatoms. The predicted octanol–water partition coefficient (Wildman–Crippen LogP) is 5.09. The van der Waals surface area contributed by atoms with Crippen LogP contribution in [0.5, 0.6) is 0 Å². The van der Waals surface area contributed by atoms with Crippen molar-refractivity contribution in [1.82, 2.24) is 4.90 Å². The fourth-order valence-electron chi connectivity index (χ4n) is 7.24. The minimum atomic E-state index is -1.10. The number of nitrogens with one attached hydrogen (secondary N) is 1. The molecule has 1 saturated heterocycles. The lowest BCUT2D eigenvalue weighted by Gasteiger charge is -2.45. The molecule has 210 valence electrons. The van der Waals surface area contributed by atoms with Crippen molar-refractivity contribution in [3.63, 3.8) is 0 Å². The van der Waals surface area contributed by atoms with Gasteiger partial charge < -0.3 is 10.1 Å². The number of ether oxygens (including phenoxy) is 1. The maximum Gasteiger partial charge on any atom is 0.329 e. The largest absolute Gasteiger partial charge is 0.454 e. The molecule has 0 radical (unpaired) electrons. The summed E-state index contributed by atoms with van der Waals surface area (Å²) >= 11 is 0. The number of carbonyl (C=O) groups is 4. The fourth-order valence-corrected chi connectivity index (χ4v) is 7.24. The quantitative estimate of drug-likeness (QED) is 0.327. The van der Waals surface area contributed by atoms with Crippen LogP contribution in [0.3, 0.4) is 0 Å². The number of hydrogen-bond donors (Lipinski definition) is 1. The summed E-state index contributed by atoms with van der Waals surface area (Å²) in [5.41, 5.74) is 6.92. The van der Waals surface area contributed by atoms with Gasteiger partial charge in [0.15, 0.2) is 6.61 Å². The number of imide groups is 1. The van der Waals surface area contributed by atoms with Crippen molar-refractivity contribution in [2.24, 2.45) is 17.8 Å². The fraction of sp³-hybridized carbons (Fsp3) is 0.353. The molecule has 3 amide bonds. The first-order valence-electron chi connectivity index (χ1n) is 14.2. The van der Waals surface area contributed by atoms with Crippen molar-refractivity contribution in [2.45, 2.75) is 52.0 Å². The number of amides is 3. The first-order valence-corrected chi connectivity index (χ1v) is 14.2. The molecule has 0 spiro atoms. The second-order valence-electron chi connectivity index (χ2n) is 12.0. The highest BCUT2D eigenvalue weighted by atomic mass is 16.5. The third kappa shape index (κ3) is 4.53. The molecule has 0 unspecified atom stereocenters. The van der Waals surface area contributed by atoms with Crippen molar-refractivity contribution >= 4 is 29.4 Å². The Hall–Kier alpha value is -4.26. The molecule has 3 atom stereocenters. The molecule has 3 aromatic carbocycles. The van der Waals surface area contributed by atoms with Crippen LogP contribution in [0, 0.1) is 31.6 Å². The summed E-state index contributed by atoms with van der Waals surface area (Å²) < 4.78 is 5.46. The van der Waals surface area contributed by atoms with Gasteiger partial charge in [0.25, 0.3) is 5.91 Å². The molecule has 3 aromatic rings. The molecule has 2 bridgehead atoms. The Balaban J connectivity index is 1.26. The number of rotatable bonds is 7. The molecule has 4 aliphatic rings. The van der Waals surface area contributed by atoms with Gasteiger partial charge >= 0.3 is 5.97 Å². The standard InChI is InChI=1S/C34H34N2O5/c1-18(2)13-26(34(40)41-17-27(37)35-21-15-19(3)14-20(4)16-21)36-32(38)30-28-22-9-5-6-10-23(22)29(31(30)33(36)39)25-12-8-7-11-24(25)28/h5-12,14-16,18,26,28-31H,13,17H2,1-4H3,(H,35,37)/t26-,28?,29?,30-,31+/m0/s1. The van der Waals surface area contributed by atoms with E-state index < -0.39 is 36.4 Å². The molecule has 7 nitrogen and oxygen atoms in total. The second kappa shape index (κ2) is 10.3. The molecular formula is C34H34N2O5. The number of esters is 1. The van der Waals surface area contributed by atoms with Crippen LogP contribution >= 0.6 is 0 Å². The highest BCUT2D eigenvalue weighted by Gasteiger charge is 2.63. The lowest BCUT2D eigenvalue weighted by Crippen LogP contribution is -2.47. The average Bonchev–Trinajstić information content (AvgIpc) is 3.19. The minimum absolute atomic E-state index is 0.00555. The van der Waals surface area contributed by atoms with Crippen LogP contribution in [-0.2, 0) is 23.9 Å². The molecule has 7 rings (SSSR count). The van der Waals surface area contributed by atoms with Gasteiger partial charge in [-0.3, -0.25) is 19.3 Å². The maximum absolute atomic E-state index is 14.1. The van der Waals surface area contributed by atoms with E-state index in [1.807, 2.05) is 94.4 Å². The maximum atomic E-state index is 14.1. The Kier molecular flexibility index (Phi) is 6.76. The Labute approximate surface area is 239 Å². The molecule has 0 saturated carbocycles. The summed E-state index contributed by atoms with van der Waals surface area (Å²) in [6.45, 7) is 7.22. The monoisotopic (exact) mass is 550 g/mol. The van der Waals surface area contributed by atoms with Crippen LogP contribution in [0.4, 0.5) is 5.69 Å². The van der Waals surface area contributed by atoms with E-state index in [1.54, 1.807) is 0 Å². The van der Waals surface area contributed by atoms with E-state index in [-0.39, 0.29) is 36.0 Å². The van der Waals surface area contributed by atoms with Crippen LogP contribution in [-0.4, -0.2) is 41.2 Å². The van der Waals surface area contributed by atoms with Crippen LogP contribution < -0.4 is 5.32 Å². The lowest BCUT2D eigenvalue weighted by atomic mass is 9.55. The van der Waals surface area contributed by atoms with Crippen molar-refractivity contribution < 1.29 is 23.9 Å². The summed E-state index contributed by atoms with van der Waals surface area (Å²) in [5.74, 6) is -3.54. The molecule has 1 N–H and O–H groups in total. The smallest absolute Gasteiger partial charge is 0.329 e. The van der Waals surface area contributed by atoms with Gasteiger partial charge in [-0.25, -0.2) is 4.79 Å². The first-order chi connectivity index (χ1) is 19.7. The molecular weight excluding hydrogens is 516 g/mol. The van der Waals surface area contributed by atoms with Crippen molar-refractivity contribution in [3.8, 4) is 0 Å². The lowest BCUT2D eigenvalue weighted by molar-refractivity contribution is -0.160. The zero-order chi connectivity index (χ0) is 29.0. The number of anilines is 1. The number of aryl methyl sites for hydroxylation is 2. The van der Waals surface area contributed by atoms with Crippen LogP contribution in [0.2, 0.25) is 0 Å². The minimum Gasteiger partial charge on any atom is -0.454 e. The number of benzene rings is 3. The third-order valence-corrected chi connectivity index (χ3v) is 8.61. The molecule has 0 aromatic heterocycles. The van der Waals surface area contributed by atoms with Crippen molar-refractivity contribution in [2.75, 3.05) is 11.9 Å². The zero-order valence-electron chi connectivity index (χ0n) is 23.7. The summed E-state index contributed by atoms with van der Waals surface area (Å²) in [7, 11) is 0. The molecule has 1 fully saturated rings. The van der Waals surface area contributed by atoms with Gasteiger partial charge in [-0.15, -0.1) is 0 Å². The van der Waals surface area contributed by atoms with Gasteiger partial charge in [-0.05, 0) is 71.7 Å².